The van der Waals surface area contributed by atoms with Crippen molar-refractivity contribution in [2.75, 3.05) is 38.0 Å². The Labute approximate surface area is 101 Å². The molecular formula is C11H18N4O2. The van der Waals surface area contributed by atoms with Gasteiger partial charge in [0.1, 0.15) is 11.9 Å². The molecule has 1 unspecified atom stereocenters. The van der Waals surface area contributed by atoms with Crippen LogP contribution in [0.25, 0.3) is 0 Å². The fourth-order valence-corrected chi connectivity index (χ4v) is 1.21. The van der Waals surface area contributed by atoms with Crippen molar-refractivity contribution in [2.24, 2.45) is 5.73 Å². The number of nitrogens with two attached hydrogens (primary N) is 1. The van der Waals surface area contributed by atoms with Crippen molar-refractivity contribution >= 4 is 17.4 Å². The molecule has 0 aliphatic heterocycles. The lowest BCUT2D eigenvalue weighted by atomic mass is 10.3. The Hall–Kier alpha value is -1.66. The van der Waals surface area contributed by atoms with Crippen LogP contribution >= 0.6 is 0 Å². The number of ether oxygens (including phenoxy) is 1. The first kappa shape index (κ1) is 13.4. The van der Waals surface area contributed by atoms with Crippen molar-refractivity contribution in [1.82, 2.24) is 4.98 Å². The average molecular weight is 238 g/mol. The summed E-state index contributed by atoms with van der Waals surface area (Å²) in [5.74, 6) is 0.537. The molecule has 0 fully saturated rings. The Morgan fingerprint density at radius 3 is 2.76 bits per heavy atom. The molecule has 0 aromatic carbocycles. The van der Waals surface area contributed by atoms with E-state index in [1.54, 1.807) is 12.3 Å². The quantitative estimate of drug-likeness (QED) is 0.758. The molecule has 0 aliphatic carbocycles. The predicted molar refractivity (Wildman–Crippen MR) is 67.0 cm³/mol. The van der Waals surface area contributed by atoms with Crippen LogP contribution in [0, 0.1) is 0 Å². The van der Waals surface area contributed by atoms with Crippen molar-refractivity contribution in [1.29, 1.82) is 0 Å². The number of methoxy groups -OCH3 is 1. The summed E-state index contributed by atoms with van der Waals surface area (Å²) in [6, 6.07) is 2.92. The lowest BCUT2D eigenvalue weighted by molar-refractivity contribution is -0.118. The highest BCUT2D eigenvalue weighted by Gasteiger charge is 2.13. The molecule has 0 bridgehead atoms. The van der Waals surface area contributed by atoms with Crippen molar-refractivity contribution in [3.63, 3.8) is 0 Å². The number of aromatic nitrogens is 1. The molecule has 17 heavy (non-hydrogen) atoms. The van der Waals surface area contributed by atoms with Crippen LogP contribution in [0.5, 0.6) is 0 Å². The van der Waals surface area contributed by atoms with Crippen LogP contribution in [-0.4, -0.2) is 44.7 Å². The number of carbonyl (C=O) groups is 1. The van der Waals surface area contributed by atoms with E-state index in [-0.39, 0.29) is 12.5 Å². The smallest absolute Gasteiger partial charge is 0.243 e. The Bertz CT molecular complexity index is 364. The molecule has 6 heteroatoms. The molecule has 1 rings (SSSR count). The molecule has 0 saturated carbocycles. The average Bonchev–Trinajstić information content (AvgIpc) is 2.30. The Balaban J connectivity index is 2.60. The van der Waals surface area contributed by atoms with Crippen LogP contribution in [0.4, 0.5) is 11.5 Å². The van der Waals surface area contributed by atoms with E-state index in [9.17, 15) is 4.79 Å². The SMILES string of the molecule is COCC(N)C(=O)Nc1ccc(N(C)C)nc1. The molecule has 1 heterocycles. The van der Waals surface area contributed by atoms with Crippen LogP contribution in [0.2, 0.25) is 0 Å². The molecule has 0 aliphatic rings. The van der Waals surface area contributed by atoms with Crippen LogP contribution < -0.4 is 16.0 Å². The number of anilines is 2. The molecule has 0 saturated heterocycles. The molecule has 1 amide bonds. The highest BCUT2D eigenvalue weighted by atomic mass is 16.5. The minimum atomic E-state index is -0.673. The summed E-state index contributed by atoms with van der Waals surface area (Å²) in [4.78, 5) is 17.6. The van der Waals surface area contributed by atoms with Gasteiger partial charge < -0.3 is 20.7 Å². The van der Waals surface area contributed by atoms with E-state index in [2.05, 4.69) is 10.3 Å². The molecule has 1 aromatic heterocycles. The van der Waals surface area contributed by atoms with E-state index >= 15 is 0 Å². The minimum Gasteiger partial charge on any atom is -0.383 e. The van der Waals surface area contributed by atoms with Crippen molar-refractivity contribution in [3.8, 4) is 0 Å². The molecule has 94 valence electrons. The van der Waals surface area contributed by atoms with Crippen molar-refractivity contribution in [3.05, 3.63) is 18.3 Å². The maximum absolute atomic E-state index is 11.6. The van der Waals surface area contributed by atoms with E-state index in [1.165, 1.54) is 7.11 Å². The van der Waals surface area contributed by atoms with Crippen LogP contribution in [-0.2, 0) is 9.53 Å². The zero-order chi connectivity index (χ0) is 12.8. The standard InChI is InChI=1S/C11H18N4O2/c1-15(2)10-5-4-8(6-13-10)14-11(16)9(12)7-17-3/h4-6,9H,7,12H2,1-3H3,(H,14,16). The second-order valence-corrected chi connectivity index (χ2v) is 3.85. The second-order valence-electron chi connectivity index (χ2n) is 3.85. The van der Waals surface area contributed by atoms with Gasteiger partial charge in [0, 0.05) is 21.2 Å². The first-order valence-corrected chi connectivity index (χ1v) is 5.23. The van der Waals surface area contributed by atoms with E-state index in [0.717, 1.165) is 5.82 Å². The van der Waals surface area contributed by atoms with Gasteiger partial charge >= 0.3 is 0 Å². The first-order chi connectivity index (χ1) is 8.04. The number of nitrogens with one attached hydrogen (secondary N) is 1. The molecule has 0 spiro atoms. The summed E-state index contributed by atoms with van der Waals surface area (Å²) in [6.07, 6.45) is 1.59. The topological polar surface area (TPSA) is 80.5 Å². The maximum atomic E-state index is 11.6. The summed E-state index contributed by atoms with van der Waals surface area (Å²) in [5, 5.41) is 2.67. The predicted octanol–water partition coefficient (Wildman–Crippen LogP) is 0.0598. The number of carbonyl (C=O) groups excluding carboxylic acids is 1. The zero-order valence-corrected chi connectivity index (χ0v) is 10.3. The highest BCUT2D eigenvalue weighted by molar-refractivity contribution is 5.94. The van der Waals surface area contributed by atoms with Gasteiger partial charge in [-0.1, -0.05) is 0 Å². The summed E-state index contributed by atoms with van der Waals surface area (Å²) in [5.41, 5.74) is 6.21. The van der Waals surface area contributed by atoms with Gasteiger partial charge in [0.05, 0.1) is 18.5 Å². The summed E-state index contributed by atoms with van der Waals surface area (Å²) in [7, 11) is 5.30. The normalized spacial score (nSPS) is 12.0. The number of rotatable bonds is 5. The van der Waals surface area contributed by atoms with E-state index in [0.29, 0.717) is 5.69 Å². The monoisotopic (exact) mass is 238 g/mol. The maximum Gasteiger partial charge on any atom is 0.243 e. The number of nitrogens with zero attached hydrogens (tertiary/aromatic N) is 2. The lowest BCUT2D eigenvalue weighted by Gasteiger charge is -2.13. The van der Waals surface area contributed by atoms with Gasteiger partial charge in [0.15, 0.2) is 0 Å². The van der Waals surface area contributed by atoms with E-state index in [4.69, 9.17) is 10.5 Å². The van der Waals surface area contributed by atoms with Gasteiger partial charge in [-0.15, -0.1) is 0 Å². The van der Waals surface area contributed by atoms with Crippen LogP contribution in [0.15, 0.2) is 18.3 Å². The third-order valence-corrected chi connectivity index (χ3v) is 2.16. The van der Waals surface area contributed by atoms with Crippen molar-refractivity contribution < 1.29 is 9.53 Å². The Morgan fingerprint density at radius 2 is 2.29 bits per heavy atom. The molecule has 0 radical (unpaired) electrons. The van der Waals surface area contributed by atoms with Gasteiger partial charge in [-0.2, -0.15) is 0 Å². The number of hydrogen-bond donors (Lipinski definition) is 2. The minimum absolute atomic E-state index is 0.190. The molecule has 3 N–H and O–H groups in total. The fraction of sp³-hybridized carbons (Fsp3) is 0.455. The van der Waals surface area contributed by atoms with Gasteiger partial charge in [-0.3, -0.25) is 4.79 Å². The van der Waals surface area contributed by atoms with Crippen molar-refractivity contribution in [2.45, 2.75) is 6.04 Å². The summed E-state index contributed by atoms with van der Waals surface area (Å²) in [6.45, 7) is 0.190. The van der Waals surface area contributed by atoms with Crippen LogP contribution in [0.3, 0.4) is 0 Å². The zero-order valence-electron chi connectivity index (χ0n) is 10.3. The van der Waals surface area contributed by atoms with Gasteiger partial charge in [0.2, 0.25) is 5.91 Å². The van der Waals surface area contributed by atoms with Gasteiger partial charge in [0.25, 0.3) is 0 Å². The van der Waals surface area contributed by atoms with Crippen LogP contribution in [0.1, 0.15) is 0 Å². The lowest BCUT2D eigenvalue weighted by Crippen LogP contribution is -2.39. The summed E-state index contributed by atoms with van der Waals surface area (Å²) < 4.78 is 4.80. The van der Waals surface area contributed by atoms with E-state index < -0.39 is 6.04 Å². The highest BCUT2D eigenvalue weighted by Crippen LogP contribution is 2.11. The Kier molecular flexibility index (Phi) is 4.86. The first-order valence-electron chi connectivity index (χ1n) is 5.23. The summed E-state index contributed by atoms with van der Waals surface area (Å²) >= 11 is 0. The molecule has 1 aromatic rings. The van der Waals surface area contributed by atoms with E-state index in [1.807, 2.05) is 25.1 Å². The number of pyridine rings is 1. The number of amides is 1. The largest absolute Gasteiger partial charge is 0.383 e. The number of hydrogen-bond acceptors (Lipinski definition) is 5. The fourth-order valence-electron chi connectivity index (χ4n) is 1.21. The molecule has 1 atom stereocenters. The molecular weight excluding hydrogens is 220 g/mol. The van der Waals surface area contributed by atoms with Gasteiger partial charge in [-0.25, -0.2) is 4.98 Å². The second kappa shape index (κ2) is 6.17. The van der Waals surface area contributed by atoms with Gasteiger partial charge in [-0.05, 0) is 12.1 Å². The third-order valence-electron chi connectivity index (χ3n) is 2.16. The molecule has 6 nitrogen and oxygen atoms in total. The third kappa shape index (κ3) is 4.01. The Morgan fingerprint density at radius 1 is 1.59 bits per heavy atom.